The third-order valence-electron chi connectivity index (χ3n) is 4.13. The molecule has 0 fully saturated rings. The number of carbonyl (C=O) groups is 2. The Labute approximate surface area is 149 Å². The topological polar surface area (TPSA) is 73.9 Å². The summed E-state index contributed by atoms with van der Waals surface area (Å²) in [5.41, 5.74) is 2.25. The molecule has 1 heterocycles. The van der Waals surface area contributed by atoms with E-state index in [-0.39, 0.29) is 0 Å². The van der Waals surface area contributed by atoms with E-state index < -0.39 is 30.1 Å². The molecule has 0 saturated carbocycles. The highest BCUT2D eigenvalue weighted by Gasteiger charge is 2.34. The Bertz CT molecular complexity index is 867. The predicted molar refractivity (Wildman–Crippen MR) is 91.2 cm³/mol. The van der Waals surface area contributed by atoms with Gasteiger partial charge >= 0.3 is 5.97 Å². The number of benzene rings is 2. The van der Waals surface area contributed by atoms with E-state index in [1.807, 2.05) is 6.92 Å². The third-order valence-corrected chi connectivity index (χ3v) is 4.13. The number of esters is 1. The molecule has 0 aromatic heterocycles. The summed E-state index contributed by atoms with van der Waals surface area (Å²) in [6.07, 6.45) is -2.29. The molecular weight excluding hydrogens is 341 g/mol. The summed E-state index contributed by atoms with van der Waals surface area (Å²) in [5.74, 6) is -1.16. The van der Waals surface area contributed by atoms with E-state index in [2.05, 4.69) is 5.32 Å². The molecule has 0 bridgehead atoms. The van der Waals surface area contributed by atoms with Crippen molar-refractivity contribution in [1.82, 2.24) is 0 Å². The number of methoxy groups -OCH3 is 1. The van der Waals surface area contributed by atoms with Gasteiger partial charge in [-0.2, -0.15) is 0 Å². The first-order valence-corrected chi connectivity index (χ1v) is 7.97. The van der Waals surface area contributed by atoms with E-state index >= 15 is 0 Å². The zero-order chi connectivity index (χ0) is 18.8. The molecule has 1 amide bonds. The summed E-state index contributed by atoms with van der Waals surface area (Å²) in [4.78, 5) is 23.7. The van der Waals surface area contributed by atoms with Crippen molar-refractivity contribution < 1.29 is 28.2 Å². The number of fused-ring (bicyclic) bond motifs is 1. The van der Waals surface area contributed by atoms with Crippen LogP contribution in [0.1, 0.15) is 29.7 Å². The molecule has 7 heteroatoms. The lowest BCUT2D eigenvalue weighted by molar-refractivity contribution is -0.187. The zero-order valence-electron chi connectivity index (χ0n) is 14.5. The van der Waals surface area contributed by atoms with Crippen LogP contribution < -0.4 is 10.1 Å². The van der Waals surface area contributed by atoms with Gasteiger partial charge in [0.15, 0.2) is 0 Å². The highest BCUT2D eigenvalue weighted by molar-refractivity contribution is 5.95. The summed E-state index contributed by atoms with van der Waals surface area (Å²) >= 11 is 0. The van der Waals surface area contributed by atoms with Gasteiger partial charge < -0.3 is 19.5 Å². The molecule has 1 aliphatic rings. The van der Waals surface area contributed by atoms with Gasteiger partial charge in [0.1, 0.15) is 17.7 Å². The summed E-state index contributed by atoms with van der Waals surface area (Å²) in [6.45, 7) is 3.01. The maximum atomic E-state index is 13.9. The first-order valence-electron chi connectivity index (χ1n) is 7.97. The molecule has 2 aromatic rings. The standard InChI is InChI=1S/C19H18FNO5/c1-10-13(5-4-6-16(10)24-3)17-14-9-12(20)7-8-15(14)21-18(23)19(26-17)25-11(2)22/h4-9,17,19H,1-3H3,(H,21,23). The summed E-state index contributed by atoms with van der Waals surface area (Å²) in [6, 6.07) is 9.32. The number of amides is 1. The Balaban J connectivity index is 2.15. The molecule has 2 atom stereocenters. The number of ether oxygens (including phenoxy) is 3. The summed E-state index contributed by atoms with van der Waals surface area (Å²) in [7, 11) is 1.54. The maximum Gasteiger partial charge on any atom is 0.305 e. The summed E-state index contributed by atoms with van der Waals surface area (Å²) < 4.78 is 30.0. The summed E-state index contributed by atoms with van der Waals surface area (Å²) in [5, 5.41) is 2.61. The van der Waals surface area contributed by atoms with E-state index in [0.29, 0.717) is 22.6 Å². The van der Waals surface area contributed by atoms with Crippen molar-refractivity contribution >= 4 is 17.6 Å². The largest absolute Gasteiger partial charge is 0.496 e. The Kier molecular flexibility index (Phi) is 4.90. The number of hydrogen-bond acceptors (Lipinski definition) is 5. The predicted octanol–water partition coefficient (Wildman–Crippen LogP) is 3.09. The number of carbonyl (C=O) groups excluding carboxylic acids is 2. The lowest BCUT2D eigenvalue weighted by Gasteiger charge is -2.23. The Morgan fingerprint density at radius 1 is 1.23 bits per heavy atom. The fourth-order valence-electron chi connectivity index (χ4n) is 2.92. The lowest BCUT2D eigenvalue weighted by Crippen LogP contribution is -2.33. The van der Waals surface area contributed by atoms with Crippen LogP contribution in [0.5, 0.6) is 5.75 Å². The molecule has 3 rings (SSSR count). The minimum Gasteiger partial charge on any atom is -0.496 e. The first kappa shape index (κ1) is 17.9. The second kappa shape index (κ2) is 7.13. The van der Waals surface area contributed by atoms with Gasteiger partial charge in [-0.15, -0.1) is 0 Å². The van der Waals surface area contributed by atoms with Gasteiger partial charge in [0.25, 0.3) is 12.2 Å². The quantitative estimate of drug-likeness (QED) is 0.853. The van der Waals surface area contributed by atoms with Crippen molar-refractivity contribution in [1.29, 1.82) is 0 Å². The van der Waals surface area contributed by atoms with E-state index in [1.165, 1.54) is 25.1 Å². The van der Waals surface area contributed by atoms with E-state index in [1.54, 1.807) is 25.3 Å². The van der Waals surface area contributed by atoms with Gasteiger partial charge in [-0.05, 0) is 42.3 Å². The minimum atomic E-state index is -1.46. The molecule has 136 valence electrons. The van der Waals surface area contributed by atoms with Gasteiger partial charge in [-0.1, -0.05) is 12.1 Å². The molecule has 2 unspecified atom stereocenters. The molecule has 1 N–H and O–H groups in total. The number of halogens is 1. The van der Waals surface area contributed by atoms with E-state index in [9.17, 15) is 14.0 Å². The molecule has 6 nitrogen and oxygen atoms in total. The highest BCUT2D eigenvalue weighted by atomic mass is 19.1. The van der Waals surface area contributed by atoms with Gasteiger partial charge in [0.05, 0.1) is 7.11 Å². The fraction of sp³-hybridized carbons (Fsp3) is 0.263. The van der Waals surface area contributed by atoms with Crippen molar-refractivity contribution in [3.63, 3.8) is 0 Å². The molecule has 2 aromatic carbocycles. The van der Waals surface area contributed by atoms with Crippen molar-refractivity contribution in [2.75, 3.05) is 12.4 Å². The Morgan fingerprint density at radius 3 is 2.69 bits per heavy atom. The van der Waals surface area contributed by atoms with Gasteiger partial charge in [0, 0.05) is 18.2 Å². The smallest absolute Gasteiger partial charge is 0.305 e. The van der Waals surface area contributed by atoms with Crippen LogP contribution in [0.2, 0.25) is 0 Å². The van der Waals surface area contributed by atoms with Gasteiger partial charge in [-0.3, -0.25) is 9.59 Å². The van der Waals surface area contributed by atoms with Crippen LogP contribution in [-0.2, 0) is 19.1 Å². The van der Waals surface area contributed by atoms with Crippen molar-refractivity contribution in [3.8, 4) is 5.75 Å². The normalized spacial score (nSPS) is 19.2. The molecule has 26 heavy (non-hydrogen) atoms. The monoisotopic (exact) mass is 359 g/mol. The molecule has 0 spiro atoms. The molecular formula is C19H18FNO5. The van der Waals surface area contributed by atoms with Gasteiger partial charge in [0.2, 0.25) is 0 Å². The van der Waals surface area contributed by atoms with Crippen molar-refractivity contribution in [2.24, 2.45) is 0 Å². The number of rotatable bonds is 3. The molecule has 1 aliphatic heterocycles. The Morgan fingerprint density at radius 2 is 2.00 bits per heavy atom. The van der Waals surface area contributed by atoms with Crippen LogP contribution in [0.25, 0.3) is 0 Å². The maximum absolute atomic E-state index is 13.9. The molecule has 0 radical (unpaired) electrons. The van der Waals surface area contributed by atoms with Gasteiger partial charge in [-0.25, -0.2) is 4.39 Å². The zero-order valence-corrected chi connectivity index (χ0v) is 14.5. The SMILES string of the molecule is COc1cccc(C2OC(OC(C)=O)C(=O)Nc3ccc(F)cc32)c1C. The van der Waals surface area contributed by atoms with Crippen molar-refractivity contribution in [3.05, 3.63) is 58.9 Å². The lowest BCUT2D eigenvalue weighted by atomic mass is 9.95. The second-order valence-corrected chi connectivity index (χ2v) is 5.85. The number of anilines is 1. The second-order valence-electron chi connectivity index (χ2n) is 5.85. The van der Waals surface area contributed by atoms with Crippen LogP contribution in [0.3, 0.4) is 0 Å². The molecule has 0 aliphatic carbocycles. The van der Waals surface area contributed by atoms with E-state index in [0.717, 1.165) is 5.56 Å². The Hall–Kier alpha value is -2.93. The number of nitrogens with one attached hydrogen (secondary N) is 1. The van der Waals surface area contributed by atoms with Crippen LogP contribution in [0.15, 0.2) is 36.4 Å². The van der Waals surface area contributed by atoms with Crippen LogP contribution in [-0.4, -0.2) is 25.3 Å². The average molecular weight is 359 g/mol. The molecule has 0 saturated heterocycles. The van der Waals surface area contributed by atoms with Crippen LogP contribution >= 0.6 is 0 Å². The van der Waals surface area contributed by atoms with Crippen LogP contribution in [0, 0.1) is 12.7 Å². The average Bonchev–Trinajstić information content (AvgIpc) is 2.72. The van der Waals surface area contributed by atoms with Crippen LogP contribution in [0.4, 0.5) is 10.1 Å². The number of hydrogen-bond donors (Lipinski definition) is 1. The first-order chi connectivity index (χ1) is 12.4. The minimum absolute atomic E-state index is 0.387. The fourth-order valence-corrected chi connectivity index (χ4v) is 2.92. The highest BCUT2D eigenvalue weighted by Crippen LogP contribution is 2.39. The van der Waals surface area contributed by atoms with E-state index in [4.69, 9.17) is 14.2 Å². The van der Waals surface area contributed by atoms with Crippen molar-refractivity contribution in [2.45, 2.75) is 26.2 Å². The third kappa shape index (κ3) is 3.39.